The minimum absolute atomic E-state index is 0.00686. The van der Waals surface area contributed by atoms with Gasteiger partial charge in [-0.2, -0.15) is 0 Å². The second-order valence-corrected chi connectivity index (χ2v) is 9.69. The summed E-state index contributed by atoms with van der Waals surface area (Å²) in [5, 5.41) is 3.08. The SMILES string of the molecule is CCC(C)NC(=O)C(Cc1ccccc1)N(Cc1cccc(Br)c1)C(=O)COc1ccc(C)cc1. The summed E-state index contributed by atoms with van der Waals surface area (Å²) in [5.41, 5.74) is 3.03. The predicted molar refractivity (Wildman–Crippen MR) is 143 cm³/mol. The van der Waals surface area contributed by atoms with Gasteiger partial charge in [-0.3, -0.25) is 9.59 Å². The monoisotopic (exact) mass is 536 g/mol. The molecule has 3 rings (SSSR count). The molecule has 0 aliphatic rings. The van der Waals surface area contributed by atoms with Crippen LogP contribution in [-0.2, 0) is 22.6 Å². The molecule has 0 radical (unpaired) electrons. The first kappa shape index (κ1) is 26.5. The molecule has 184 valence electrons. The number of amides is 2. The fourth-order valence-electron chi connectivity index (χ4n) is 3.69. The standard InChI is InChI=1S/C29H33BrN2O3/c1-4-22(3)31-29(34)27(18-23-9-6-5-7-10-23)32(19-24-11-8-12-25(30)17-24)28(33)20-35-26-15-13-21(2)14-16-26/h5-17,22,27H,4,18-20H2,1-3H3,(H,31,34). The van der Waals surface area contributed by atoms with Gasteiger partial charge in [0.25, 0.3) is 5.91 Å². The van der Waals surface area contributed by atoms with E-state index in [4.69, 9.17) is 4.74 Å². The molecular weight excluding hydrogens is 504 g/mol. The van der Waals surface area contributed by atoms with Gasteiger partial charge in [0.05, 0.1) is 0 Å². The molecule has 2 unspecified atom stereocenters. The zero-order chi connectivity index (χ0) is 25.2. The minimum Gasteiger partial charge on any atom is -0.484 e. The van der Waals surface area contributed by atoms with Crippen molar-refractivity contribution in [3.05, 3.63) is 100 Å². The van der Waals surface area contributed by atoms with E-state index in [0.717, 1.165) is 27.6 Å². The van der Waals surface area contributed by atoms with Gasteiger partial charge < -0.3 is 15.0 Å². The van der Waals surface area contributed by atoms with E-state index in [2.05, 4.69) is 21.2 Å². The van der Waals surface area contributed by atoms with Crippen molar-refractivity contribution < 1.29 is 14.3 Å². The second kappa shape index (κ2) is 13.1. The van der Waals surface area contributed by atoms with E-state index in [0.29, 0.717) is 18.7 Å². The molecule has 0 saturated heterocycles. The molecule has 0 fully saturated rings. The van der Waals surface area contributed by atoms with Gasteiger partial charge in [0.1, 0.15) is 11.8 Å². The zero-order valence-electron chi connectivity index (χ0n) is 20.5. The quantitative estimate of drug-likeness (QED) is 0.342. The van der Waals surface area contributed by atoms with Gasteiger partial charge in [0.15, 0.2) is 6.61 Å². The molecule has 0 aromatic heterocycles. The molecule has 5 nitrogen and oxygen atoms in total. The first-order valence-corrected chi connectivity index (χ1v) is 12.7. The van der Waals surface area contributed by atoms with Crippen LogP contribution >= 0.6 is 15.9 Å². The summed E-state index contributed by atoms with van der Waals surface area (Å²) in [6.45, 7) is 6.13. The van der Waals surface area contributed by atoms with E-state index in [1.54, 1.807) is 4.90 Å². The average molecular weight is 537 g/mol. The van der Waals surface area contributed by atoms with Gasteiger partial charge in [-0.05, 0) is 55.7 Å². The van der Waals surface area contributed by atoms with Crippen LogP contribution in [0.2, 0.25) is 0 Å². The Hall–Kier alpha value is -3.12. The first-order valence-electron chi connectivity index (χ1n) is 11.9. The van der Waals surface area contributed by atoms with Gasteiger partial charge >= 0.3 is 0 Å². The number of aryl methyl sites for hydroxylation is 1. The molecule has 0 aliphatic carbocycles. The van der Waals surface area contributed by atoms with Gasteiger partial charge in [0, 0.05) is 23.5 Å². The fourth-order valence-corrected chi connectivity index (χ4v) is 4.14. The molecule has 1 N–H and O–H groups in total. The molecule has 0 heterocycles. The van der Waals surface area contributed by atoms with E-state index < -0.39 is 6.04 Å². The van der Waals surface area contributed by atoms with Crippen LogP contribution < -0.4 is 10.1 Å². The van der Waals surface area contributed by atoms with Crippen LogP contribution in [0.25, 0.3) is 0 Å². The lowest BCUT2D eigenvalue weighted by Crippen LogP contribution is -2.53. The second-order valence-electron chi connectivity index (χ2n) is 8.78. The zero-order valence-corrected chi connectivity index (χ0v) is 22.1. The van der Waals surface area contributed by atoms with Crippen LogP contribution in [0, 0.1) is 6.92 Å². The van der Waals surface area contributed by atoms with Crippen molar-refractivity contribution in [1.29, 1.82) is 0 Å². The summed E-state index contributed by atoms with van der Waals surface area (Å²) in [4.78, 5) is 28.7. The summed E-state index contributed by atoms with van der Waals surface area (Å²) < 4.78 is 6.73. The fraction of sp³-hybridized carbons (Fsp3) is 0.310. The van der Waals surface area contributed by atoms with E-state index >= 15 is 0 Å². The Balaban J connectivity index is 1.90. The van der Waals surface area contributed by atoms with Gasteiger partial charge in [0.2, 0.25) is 5.91 Å². The number of rotatable bonds is 11. The van der Waals surface area contributed by atoms with Crippen LogP contribution in [0.4, 0.5) is 0 Å². The first-order chi connectivity index (χ1) is 16.9. The molecule has 0 bridgehead atoms. The molecule has 3 aromatic rings. The smallest absolute Gasteiger partial charge is 0.261 e. The summed E-state index contributed by atoms with van der Waals surface area (Å²) in [6, 6.07) is 24.5. The minimum atomic E-state index is -0.681. The average Bonchev–Trinajstić information content (AvgIpc) is 2.86. The third-order valence-corrected chi connectivity index (χ3v) is 6.39. The summed E-state index contributed by atoms with van der Waals surface area (Å²) in [7, 11) is 0. The van der Waals surface area contributed by atoms with Crippen molar-refractivity contribution >= 4 is 27.7 Å². The maximum atomic E-state index is 13.6. The molecule has 0 spiro atoms. The van der Waals surface area contributed by atoms with E-state index in [-0.39, 0.29) is 24.5 Å². The summed E-state index contributed by atoms with van der Waals surface area (Å²) >= 11 is 3.51. The van der Waals surface area contributed by atoms with Gasteiger partial charge in [-0.25, -0.2) is 0 Å². The number of halogens is 1. The number of benzene rings is 3. The normalized spacial score (nSPS) is 12.5. The van der Waals surface area contributed by atoms with Crippen LogP contribution in [0.3, 0.4) is 0 Å². The topological polar surface area (TPSA) is 58.6 Å². The van der Waals surface area contributed by atoms with E-state index in [9.17, 15) is 9.59 Å². The Morgan fingerprint density at radius 3 is 2.31 bits per heavy atom. The lowest BCUT2D eigenvalue weighted by Gasteiger charge is -2.32. The van der Waals surface area contributed by atoms with Crippen molar-refractivity contribution in [3.8, 4) is 5.75 Å². The highest BCUT2D eigenvalue weighted by atomic mass is 79.9. The summed E-state index contributed by atoms with van der Waals surface area (Å²) in [5.74, 6) is 0.211. The van der Waals surface area contributed by atoms with Crippen LogP contribution in [0.1, 0.15) is 37.0 Å². The molecule has 35 heavy (non-hydrogen) atoms. The number of ether oxygens (including phenoxy) is 1. The Labute approximate surface area is 216 Å². The number of nitrogens with zero attached hydrogens (tertiary/aromatic N) is 1. The third kappa shape index (κ3) is 8.25. The Kier molecular flexibility index (Phi) is 9.91. The van der Waals surface area contributed by atoms with Crippen LogP contribution in [0.5, 0.6) is 5.75 Å². The third-order valence-electron chi connectivity index (χ3n) is 5.90. The van der Waals surface area contributed by atoms with E-state index in [1.165, 1.54) is 0 Å². The van der Waals surface area contributed by atoms with Gasteiger partial charge in [-0.1, -0.05) is 83.0 Å². The van der Waals surface area contributed by atoms with Crippen molar-refractivity contribution in [2.24, 2.45) is 0 Å². The molecule has 6 heteroatoms. The maximum absolute atomic E-state index is 13.6. The maximum Gasteiger partial charge on any atom is 0.261 e. The highest BCUT2D eigenvalue weighted by Crippen LogP contribution is 2.19. The van der Waals surface area contributed by atoms with Crippen molar-refractivity contribution in [1.82, 2.24) is 10.2 Å². The predicted octanol–water partition coefficient (Wildman–Crippen LogP) is 5.69. The number of carbonyl (C=O) groups excluding carboxylic acids is 2. The van der Waals surface area contributed by atoms with Crippen molar-refractivity contribution in [2.75, 3.05) is 6.61 Å². The summed E-state index contributed by atoms with van der Waals surface area (Å²) in [6.07, 6.45) is 1.22. The van der Waals surface area contributed by atoms with Gasteiger partial charge in [-0.15, -0.1) is 0 Å². The van der Waals surface area contributed by atoms with Crippen LogP contribution in [0.15, 0.2) is 83.3 Å². The number of carbonyl (C=O) groups is 2. The largest absolute Gasteiger partial charge is 0.484 e. The Morgan fingerprint density at radius 1 is 0.971 bits per heavy atom. The van der Waals surface area contributed by atoms with Crippen LogP contribution in [-0.4, -0.2) is 35.4 Å². The molecule has 0 saturated carbocycles. The highest BCUT2D eigenvalue weighted by molar-refractivity contribution is 9.10. The molecular formula is C29H33BrN2O3. The Morgan fingerprint density at radius 2 is 1.66 bits per heavy atom. The highest BCUT2D eigenvalue weighted by Gasteiger charge is 2.31. The number of nitrogens with one attached hydrogen (secondary N) is 1. The number of hydrogen-bond acceptors (Lipinski definition) is 3. The Bertz CT molecular complexity index is 1100. The lowest BCUT2D eigenvalue weighted by atomic mass is 10.0. The molecule has 3 aromatic carbocycles. The van der Waals surface area contributed by atoms with Crippen molar-refractivity contribution in [3.63, 3.8) is 0 Å². The molecule has 2 atom stereocenters. The number of hydrogen-bond donors (Lipinski definition) is 1. The molecule has 0 aliphatic heterocycles. The van der Waals surface area contributed by atoms with E-state index in [1.807, 2.05) is 99.6 Å². The van der Waals surface area contributed by atoms with Crippen molar-refractivity contribution in [2.45, 2.75) is 52.2 Å². The lowest BCUT2D eigenvalue weighted by molar-refractivity contribution is -0.143. The molecule has 2 amide bonds.